The standard InChI is InChI=1S/C21H26N4O/c1-3-17-9-6-7-12-24(17)21(26)18-14-20(23-15(2)22-18)25-13-11-16-8-4-5-10-19(16)25/h4-5,8,10,14,17H,3,6-7,9,11-13H2,1-2H3. The Balaban J connectivity index is 1.66. The van der Waals surface area contributed by atoms with Crippen LogP contribution in [0, 0.1) is 6.92 Å². The number of nitrogens with zero attached hydrogens (tertiary/aromatic N) is 4. The van der Waals surface area contributed by atoms with Crippen molar-refractivity contribution < 1.29 is 4.79 Å². The van der Waals surface area contributed by atoms with Gasteiger partial charge in [-0.2, -0.15) is 0 Å². The zero-order chi connectivity index (χ0) is 18.1. The zero-order valence-electron chi connectivity index (χ0n) is 15.6. The Hall–Kier alpha value is -2.43. The lowest BCUT2D eigenvalue weighted by Gasteiger charge is -2.35. The topological polar surface area (TPSA) is 49.3 Å². The second-order valence-electron chi connectivity index (χ2n) is 7.25. The Morgan fingerprint density at radius 3 is 2.88 bits per heavy atom. The highest BCUT2D eigenvalue weighted by atomic mass is 16.2. The van der Waals surface area contributed by atoms with Gasteiger partial charge in [0, 0.05) is 30.9 Å². The van der Waals surface area contributed by atoms with E-state index in [0.29, 0.717) is 17.6 Å². The number of piperidine rings is 1. The highest BCUT2D eigenvalue weighted by Gasteiger charge is 2.28. The Bertz CT molecular complexity index is 819. The van der Waals surface area contributed by atoms with E-state index in [2.05, 4.69) is 46.1 Å². The number of fused-ring (bicyclic) bond motifs is 1. The van der Waals surface area contributed by atoms with Gasteiger partial charge in [0.05, 0.1) is 0 Å². The Kier molecular flexibility index (Phi) is 4.62. The highest BCUT2D eigenvalue weighted by molar-refractivity contribution is 5.93. The molecule has 0 aliphatic carbocycles. The second kappa shape index (κ2) is 7.06. The lowest BCUT2D eigenvalue weighted by atomic mass is 9.99. The predicted octanol–water partition coefficient (Wildman–Crippen LogP) is 3.88. The molecule has 5 nitrogen and oxygen atoms in total. The number of likely N-dealkylation sites (tertiary alicyclic amines) is 1. The number of hydrogen-bond donors (Lipinski definition) is 0. The van der Waals surface area contributed by atoms with Crippen LogP contribution in [-0.4, -0.2) is 39.9 Å². The largest absolute Gasteiger partial charge is 0.334 e. The molecule has 4 rings (SSSR count). The van der Waals surface area contributed by atoms with Crippen molar-refractivity contribution in [2.75, 3.05) is 18.0 Å². The summed E-state index contributed by atoms with van der Waals surface area (Å²) in [6.45, 7) is 5.76. The van der Waals surface area contributed by atoms with E-state index in [1.807, 2.05) is 17.9 Å². The van der Waals surface area contributed by atoms with Crippen LogP contribution in [0.4, 0.5) is 11.5 Å². The molecule has 0 saturated carbocycles. The summed E-state index contributed by atoms with van der Waals surface area (Å²) in [6.07, 6.45) is 5.40. The molecule has 2 aliphatic heterocycles. The monoisotopic (exact) mass is 350 g/mol. The van der Waals surface area contributed by atoms with Crippen molar-refractivity contribution >= 4 is 17.4 Å². The first-order valence-corrected chi connectivity index (χ1v) is 9.69. The fourth-order valence-electron chi connectivity index (χ4n) is 4.22. The van der Waals surface area contributed by atoms with Crippen molar-refractivity contribution in [3.63, 3.8) is 0 Å². The highest BCUT2D eigenvalue weighted by Crippen LogP contribution is 2.33. The van der Waals surface area contributed by atoms with E-state index < -0.39 is 0 Å². The van der Waals surface area contributed by atoms with Gasteiger partial charge in [-0.05, 0) is 50.7 Å². The third-order valence-corrected chi connectivity index (χ3v) is 5.57. The van der Waals surface area contributed by atoms with Crippen molar-refractivity contribution in [2.45, 2.75) is 52.0 Å². The minimum atomic E-state index is 0.0517. The Morgan fingerprint density at radius 1 is 1.19 bits per heavy atom. The van der Waals surface area contributed by atoms with Crippen molar-refractivity contribution in [2.24, 2.45) is 0 Å². The smallest absolute Gasteiger partial charge is 0.272 e. The maximum absolute atomic E-state index is 13.2. The van der Waals surface area contributed by atoms with Crippen LogP contribution < -0.4 is 4.90 Å². The molecule has 1 aromatic carbocycles. The van der Waals surface area contributed by atoms with E-state index in [1.54, 1.807) is 0 Å². The molecule has 0 N–H and O–H groups in total. The van der Waals surface area contributed by atoms with Gasteiger partial charge in [-0.1, -0.05) is 25.1 Å². The molecule has 1 unspecified atom stereocenters. The maximum Gasteiger partial charge on any atom is 0.272 e. The van der Waals surface area contributed by atoms with Crippen LogP contribution in [0.15, 0.2) is 30.3 Å². The normalized spacial score (nSPS) is 19.5. The first kappa shape index (κ1) is 17.0. The molecular formula is C21H26N4O. The molecule has 1 atom stereocenters. The summed E-state index contributed by atoms with van der Waals surface area (Å²) in [5.41, 5.74) is 3.05. The number of rotatable bonds is 3. The molecular weight excluding hydrogens is 324 g/mol. The van der Waals surface area contributed by atoms with Gasteiger partial charge in [-0.25, -0.2) is 9.97 Å². The fraction of sp³-hybridized carbons (Fsp3) is 0.476. The lowest BCUT2D eigenvalue weighted by Crippen LogP contribution is -2.43. The summed E-state index contributed by atoms with van der Waals surface area (Å²) in [6, 6.07) is 10.6. The third kappa shape index (κ3) is 3.06. The van der Waals surface area contributed by atoms with E-state index in [9.17, 15) is 4.79 Å². The zero-order valence-corrected chi connectivity index (χ0v) is 15.6. The van der Waals surface area contributed by atoms with Crippen LogP contribution in [0.25, 0.3) is 0 Å². The molecule has 1 aromatic heterocycles. The molecule has 2 aromatic rings. The number of carbonyl (C=O) groups is 1. The summed E-state index contributed by atoms with van der Waals surface area (Å²) < 4.78 is 0. The Morgan fingerprint density at radius 2 is 2.04 bits per heavy atom. The van der Waals surface area contributed by atoms with Crippen molar-refractivity contribution in [1.82, 2.24) is 14.9 Å². The van der Waals surface area contributed by atoms with E-state index in [1.165, 1.54) is 17.7 Å². The average molecular weight is 350 g/mol. The fourth-order valence-corrected chi connectivity index (χ4v) is 4.22. The summed E-state index contributed by atoms with van der Waals surface area (Å²) in [7, 11) is 0. The average Bonchev–Trinajstić information content (AvgIpc) is 3.11. The number of para-hydroxylation sites is 1. The molecule has 0 spiro atoms. The summed E-state index contributed by atoms with van der Waals surface area (Å²) >= 11 is 0. The van der Waals surface area contributed by atoms with E-state index in [-0.39, 0.29) is 5.91 Å². The van der Waals surface area contributed by atoms with Gasteiger partial charge in [0.2, 0.25) is 0 Å². The molecule has 5 heteroatoms. The van der Waals surface area contributed by atoms with Gasteiger partial charge in [-0.15, -0.1) is 0 Å². The first-order chi connectivity index (χ1) is 12.7. The van der Waals surface area contributed by atoms with E-state index in [0.717, 1.165) is 44.6 Å². The second-order valence-corrected chi connectivity index (χ2v) is 7.25. The molecule has 1 amide bonds. The molecule has 0 radical (unpaired) electrons. The van der Waals surface area contributed by atoms with Crippen molar-refractivity contribution in [1.29, 1.82) is 0 Å². The molecule has 1 saturated heterocycles. The quantitative estimate of drug-likeness (QED) is 0.843. The number of aromatic nitrogens is 2. The lowest BCUT2D eigenvalue weighted by molar-refractivity contribution is 0.0601. The first-order valence-electron chi connectivity index (χ1n) is 9.69. The molecule has 0 bridgehead atoms. The Labute approximate surface area is 155 Å². The van der Waals surface area contributed by atoms with Crippen LogP contribution in [0.2, 0.25) is 0 Å². The van der Waals surface area contributed by atoms with Crippen LogP contribution in [0.1, 0.15) is 54.5 Å². The molecule has 1 fully saturated rings. The number of hydrogen-bond acceptors (Lipinski definition) is 4. The van der Waals surface area contributed by atoms with Crippen LogP contribution in [-0.2, 0) is 6.42 Å². The number of anilines is 2. The predicted molar refractivity (Wildman–Crippen MR) is 103 cm³/mol. The summed E-state index contributed by atoms with van der Waals surface area (Å²) in [5.74, 6) is 1.53. The van der Waals surface area contributed by atoms with Gasteiger partial charge < -0.3 is 9.80 Å². The number of benzene rings is 1. The van der Waals surface area contributed by atoms with Gasteiger partial charge in [-0.3, -0.25) is 4.79 Å². The number of aryl methyl sites for hydroxylation is 1. The van der Waals surface area contributed by atoms with E-state index in [4.69, 9.17) is 0 Å². The molecule has 2 aliphatic rings. The summed E-state index contributed by atoms with van der Waals surface area (Å²) in [5, 5.41) is 0. The van der Waals surface area contributed by atoms with E-state index >= 15 is 0 Å². The van der Waals surface area contributed by atoms with Gasteiger partial charge in [0.25, 0.3) is 5.91 Å². The number of amides is 1. The van der Waals surface area contributed by atoms with Gasteiger partial charge in [0.1, 0.15) is 17.3 Å². The minimum Gasteiger partial charge on any atom is -0.334 e. The molecule has 3 heterocycles. The molecule has 136 valence electrons. The van der Waals surface area contributed by atoms with Gasteiger partial charge >= 0.3 is 0 Å². The summed E-state index contributed by atoms with van der Waals surface area (Å²) in [4.78, 5) is 26.5. The SMILES string of the molecule is CCC1CCCCN1C(=O)c1cc(N2CCc3ccccc32)nc(C)n1. The van der Waals surface area contributed by atoms with Crippen LogP contribution in [0.5, 0.6) is 0 Å². The van der Waals surface area contributed by atoms with Crippen LogP contribution >= 0.6 is 0 Å². The third-order valence-electron chi connectivity index (χ3n) is 5.57. The maximum atomic E-state index is 13.2. The number of carbonyl (C=O) groups excluding carboxylic acids is 1. The van der Waals surface area contributed by atoms with Crippen molar-refractivity contribution in [3.05, 3.63) is 47.4 Å². The van der Waals surface area contributed by atoms with Gasteiger partial charge in [0.15, 0.2) is 0 Å². The molecule has 26 heavy (non-hydrogen) atoms. The van der Waals surface area contributed by atoms with Crippen LogP contribution in [0.3, 0.4) is 0 Å². The minimum absolute atomic E-state index is 0.0517. The van der Waals surface area contributed by atoms with Crippen molar-refractivity contribution in [3.8, 4) is 0 Å².